The van der Waals surface area contributed by atoms with Crippen LogP contribution in [0.25, 0.3) is 0 Å². The third kappa shape index (κ3) is 4.72. The third-order valence-electron chi connectivity index (χ3n) is 8.26. The van der Waals surface area contributed by atoms with Gasteiger partial charge in [-0.25, -0.2) is 4.39 Å². The largest absolute Gasteiger partial charge is 0.393 e. The van der Waals surface area contributed by atoms with Gasteiger partial charge in [-0.15, -0.1) is 0 Å². The second-order valence-electron chi connectivity index (χ2n) is 12.1. The number of anilines is 1. The van der Waals surface area contributed by atoms with E-state index in [1.807, 2.05) is 6.07 Å². The van der Waals surface area contributed by atoms with Gasteiger partial charge in [0.15, 0.2) is 0 Å². The number of rotatable bonds is 4. The Morgan fingerprint density at radius 1 is 1.16 bits per heavy atom. The molecule has 2 aromatic carbocycles. The molecule has 4 atom stereocenters. The molecule has 1 saturated carbocycles. The molecule has 1 saturated heterocycles. The van der Waals surface area contributed by atoms with Crippen molar-refractivity contribution in [1.82, 2.24) is 10.6 Å². The van der Waals surface area contributed by atoms with Gasteiger partial charge in [-0.2, -0.15) is 0 Å². The van der Waals surface area contributed by atoms with Crippen LogP contribution in [0, 0.1) is 11.2 Å². The first-order valence-corrected chi connectivity index (χ1v) is 14.0. The van der Waals surface area contributed by atoms with Gasteiger partial charge in [-0.3, -0.25) is 9.59 Å². The Bertz CT molecular complexity index is 1260. The van der Waals surface area contributed by atoms with Crippen LogP contribution in [0.1, 0.15) is 69.9 Å². The molecular formula is C29H34Cl2FN3O3. The molecule has 2 heterocycles. The Morgan fingerprint density at radius 3 is 2.55 bits per heavy atom. The number of hydrogen-bond acceptors (Lipinski definition) is 4. The third-order valence-corrected chi connectivity index (χ3v) is 8.79. The molecule has 2 aromatic rings. The maximum absolute atomic E-state index is 15.8. The summed E-state index contributed by atoms with van der Waals surface area (Å²) >= 11 is 12.5. The van der Waals surface area contributed by atoms with E-state index in [4.69, 9.17) is 23.2 Å². The SMILES string of the molecule is CC(C)(C)CC1NC(C(=O)N[C@H]2CC[C@H](O)CC2)[C@H](c2cccc(Cl)c2F)C12C(=O)Nc1cc(Cl)ccc12. The average Bonchev–Trinajstić information content (AvgIpc) is 3.31. The van der Waals surface area contributed by atoms with Crippen molar-refractivity contribution in [2.24, 2.45) is 5.41 Å². The molecular weight excluding hydrogens is 528 g/mol. The number of aliphatic hydroxyl groups excluding tert-OH is 1. The van der Waals surface area contributed by atoms with E-state index in [1.54, 1.807) is 24.3 Å². The second-order valence-corrected chi connectivity index (χ2v) is 13.0. The van der Waals surface area contributed by atoms with Gasteiger partial charge in [0.25, 0.3) is 0 Å². The average molecular weight is 563 g/mol. The fourth-order valence-corrected chi connectivity index (χ4v) is 7.02. The van der Waals surface area contributed by atoms with Gasteiger partial charge in [0, 0.05) is 28.7 Å². The topological polar surface area (TPSA) is 90.5 Å². The lowest BCUT2D eigenvalue weighted by Crippen LogP contribution is -2.50. The Balaban J connectivity index is 1.67. The fourth-order valence-electron chi connectivity index (χ4n) is 6.66. The fraction of sp³-hybridized carbons (Fsp3) is 0.517. The van der Waals surface area contributed by atoms with Crippen LogP contribution >= 0.6 is 23.2 Å². The number of aliphatic hydroxyl groups is 1. The Morgan fingerprint density at radius 2 is 1.87 bits per heavy atom. The first-order chi connectivity index (χ1) is 17.9. The highest BCUT2D eigenvalue weighted by molar-refractivity contribution is 6.31. The van der Waals surface area contributed by atoms with Crippen LogP contribution < -0.4 is 16.0 Å². The number of benzene rings is 2. The summed E-state index contributed by atoms with van der Waals surface area (Å²) in [4.78, 5) is 28.1. The Kier molecular flexibility index (Phi) is 7.27. The molecule has 3 aliphatic rings. The zero-order chi connectivity index (χ0) is 27.4. The molecule has 204 valence electrons. The highest BCUT2D eigenvalue weighted by Crippen LogP contribution is 2.57. The summed E-state index contributed by atoms with van der Waals surface area (Å²) in [5.41, 5.74) is -0.00278. The number of amides is 2. The van der Waals surface area contributed by atoms with E-state index in [9.17, 15) is 14.7 Å². The van der Waals surface area contributed by atoms with E-state index >= 15 is 4.39 Å². The van der Waals surface area contributed by atoms with Crippen LogP contribution in [0.5, 0.6) is 0 Å². The van der Waals surface area contributed by atoms with Gasteiger partial charge >= 0.3 is 0 Å². The molecule has 0 aromatic heterocycles. The number of carbonyl (C=O) groups excluding carboxylic acids is 2. The summed E-state index contributed by atoms with van der Waals surface area (Å²) in [5.74, 6) is -2.09. The summed E-state index contributed by atoms with van der Waals surface area (Å²) in [5, 5.41) is 19.9. The molecule has 2 aliphatic heterocycles. The number of fused-ring (bicyclic) bond motifs is 2. The minimum Gasteiger partial charge on any atom is -0.393 e. The van der Waals surface area contributed by atoms with Crippen molar-refractivity contribution in [3.63, 3.8) is 0 Å². The monoisotopic (exact) mass is 561 g/mol. The summed E-state index contributed by atoms with van der Waals surface area (Å²) in [6, 6.07) is 8.50. The molecule has 5 rings (SSSR count). The molecule has 38 heavy (non-hydrogen) atoms. The van der Waals surface area contributed by atoms with Crippen molar-refractivity contribution in [2.45, 2.75) is 88.4 Å². The van der Waals surface area contributed by atoms with Crippen LogP contribution in [0.4, 0.5) is 10.1 Å². The predicted molar refractivity (Wildman–Crippen MR) is 147 cm³/mol. The van der Waals surface area contributed by atoms with Gasteiger partial charge in [0.2, 0.25) is 11.8 Å². The maximum atomic E-state index is 15.8. The molecule has 3 unspecified atom stereocenters. The van der Waals surface area contributed by atoms with E-state index in [0.29, 0.717) is 48.4 Å². The highest BCUT2D eigenvalue weighted by atomic mass is 35.5. The van der Waals surface area contributed by atoms with Gasteiger partial charge < -0.3 is 21.1 Å². The first kappa shape index (κ1) is 27.4. The molecule has 0 bridgehead atoms. The van der Waals surface area contributed by atoms with Crippen LogP contribution in [0.2, 0.25) is 10.0 Å². The molecule has 4 N–H and O–H groups in total. The molecule has 0 radical (unpaired) electrons. The first-order valence-electron chi connectivity index (χ1n) is 13.2. The lowest BCUT2D eigenvalue weighted by Gasteiger charge is -2.38. The van der Waals surface area contributed by atoms with Crippen LogP contribution in [-0.4, -0.2) is 41.2 Å². The zero-order valence-electron chi connectivity index (χ0n) is 21.8. The van der Waals surface area contributed by atoms with Gasteiger partial charge in [0.05, 0.1) is 17.2 Å². The van der Waals surface area contributed by atoms with E-state index in [1.165, 1.54) is 6.07 Å². The number of hydrogen-bond donors (Lipinski definition) is 4. The van der Waals surface area contributed by atoms with Crippen molar-refractivity contribution in [1.29, 1.82) is 0 Å². The molecule has 9 heteroatoms. The second kappa shape index (κ2) is 10.1. The van der Waals surface area contributed by atoms with Crippen molar-refractivity contribution in [3.05, 3.63) is 63.4 Å². The van der Waals surface area contributed by atoms with Gasteiger partial charge in [-0.05, 0) is 66.8 Å². The zero-order valence-corrected chi connectivity index (χ0v) is 23.3. The highest BCUT2D eigenvalue weighted by Gasteiger charge is 2.66. The summed E-state index contributed by atoms with van der Waals surface area (Å²) in [6.07, 6.45) is 2.75. The summed E-state index contributed by atoms with van der Waals surface area (Å²) in [6.45, 7) is 6.23. The number of carbonyl (C=O) groups is 2. The van der Waals surface area contributed by atoms with Crippen molar-refractivity contribution in [3.8, 4) is 0 Å². The van der Waals surface area contributed by atoms with Gasteiger partial charge in [0.1, 0.15) is 11.2 Å². The van der Waals surface area contributed by atoms with Crippen molar-refractivity contribution < 1.29 is 19.1 Å². The molecule has 1 aliphatic carbocycles. The molecule has 2 fully saturated rings. The molecule has 1 spiro atoms. The number of halogens is 3. The minimum absolute atomic E-state index is 0.0629. The summed E-state index contributed by atoms with van der Waals surface area (Å²) < 4.78 is 15.8. The van der Waals surface area contributed by atoms with E-state index in [-0.39, 0.29) is 40.0 Å². The maximum Gasteiger partial charge on any atom is 0.238 e. The van der Waals surface area contributed by atoms with Crippen LogP contribution in [0.15, 0.2) is 36.4 Å². The molecule has 2 amide bonds. The van der Waals surface area contributed by atoms with Crippen LogP contribution in [0.3, 0.4) is 0 Å². The number of nitrogens with one attached hydrogen (secondary N) is 3. The smallest absolute Gasteiger partial charge is 0.238 e. The van der Waals surface area contributed by atoms with Gasteiger partial charge in [-0.1, -0.05) is 62.2 Å². The van der Waals surface area contributed by atoms with Crippen molar-refractivity contribution >= 4 is 40.7 Å². The lowest BCUT2D eigenvalue weighted by atomic mass is 9.62. The van der Waals surface area contributed by atoms with E-state index in [0.717, 1.165) is 0 Å². The van der Waals surface area contributed by atoms with E-state index in [2.05, 4.69) is 36.7 Å². The normalized spacial score (nSPS) is 30.8. The van der Waals surface area contributed by atoms with Crippen molar-refractivity contribution in [2.75, 3.05) is 5.32 Å². The standard InChI is InChI=1S/C29H34Cl2FN3O3/c1-28(2,3)14-22-29(19-12-7-15(30)13-21(19)34-27(29)38)23(18-5-4-6-20(31)24(18)32)25(35-22)26(37)33-16-8-10-17(36)11-9-16/h4-7,12-13,16-17,22-23,25,35-36H,8-11,14H2,1-3H3,(H,33,37)(H,34,38)/t16-,17-,22?,23-,25?,29?/m0/s1. The minimum atomic E-state index is -1.27. The Hall–Kier alpha value is -2.19. The lowest BCUT2D eigenvalue weighted by molar-refractivity contribution is -0.124. The van der Waals surface area contributed by atoms with E-state index < -0.39 is 29.2 Å². The predicted octanol–water partition coefficient (Wildman–Crippen LogP) is 5.30. The Labute approximate surface area is 232 Å². The van der Waals surface area contributed by atoms with Crippen LogP contribution in [-0.2, 0) is 15.0 Å². The quantitative estimate of drug-likeness (QED) is 0.407. The molecule has 6 nitrogen and oxygen atoms in total. The summed E-state index contributed by atoms with van der Waals surface area (Å²) in [7, 11) is 0.